The molecule has 1 saturated heterocycles. The predicted octanol–water partition coefficient (Wildman–Crippen LogP) is 0.968. The van der Waals surface area contributed by atoms with Crippen LogP contribution in [-0.2, 0) is 4.74 Å². The molecule has 2 aromatic rings. The summed E-state index contributed by atoms with van der Waals surface area (Å²) in [7, 11) is 0. The molecule has 1 saturated carbocycles. The number of rotatable bonds is 6. The van der Waals surface area contributed by atoms with Crippen molar-refractivity contribution in [2.75, 3.05) is 13.1 Å². The third-order valence-electron chi connectivity index (χ3n) is 7.96. The topological polar surface area (TPSA) is 220 Å². The monoisotopic (exact) mass is 842 g/mol. The van der Waals surface area contributed by atoms with Crippen molar-refractivity contribution >= 4 is 99.1 Å². The number of alkyl halides is 1. The number of ether oxygens (including phenoxy) is 1. The van der Waals surface area contributed by atoms with Crippen LogP contribution in [0.3, 0.4) is 0 Å². The summed E-state index contributed by atoms with van der Waals surface area (Å²) in [6.07, 6.45) is -2.03. The smallest absolute Gasteiger partial charge is 0.267 e. The Bertz CT molecular complexity index is 1460. The minimum atomic E-state index is -1.82. The van der Waals surface area contributed by atoms with Crippen LogP contribution in [0, 0.1) is 17.8 Å². The van der Waals surface area contributed by atoms with Gasteiger partial charge in [0, 0.05) is 24.9 Å². The van der Waals surface area contributed by atoms with E-state index in [2.05, 4.69) is 105 Å². The third-order valence-corrected chi connectivity index (χ3v) is 12.2. The van der Waals surface area contributed by atoms with Gasteiger partial charge in [0.25, 0.3) is 11.8 Å². The SMILES string of the molecule is NC1=NC2OC3N=C(N)NC34C(Cl)C(CNC(=O)c3cc(Br)c(Br)[nH]3)C(CNC(=O)c3cc(Br)c(Br)[nH]3)C4C2(O)N1. The number of nitrogens with two attached hydrogens (primary N) is 2. The Morgan fingerprint density at radius 1 is 0.927 bits per heavy atom. The Morgan fingerprint density at radius 2 is 1.44 bits per heavy atom. The van der Waals surface area contributed by atoms with E-state index in [9.17, 15) is 14.7 Å². The first-order chi connectivity index (χ1) is 19.3. The number of guanidine groups is 2. The molecule has 2 aromatic heterocycles. The Hall–Kier alpha value is -1.83. The van der Waals surface area contributed by atoms with Crippen molar-refractivity contribution in [2.45, 2.75) is 29.1 Å². The van der Waals surface area contributed by atoms with E-state index in [0.717, 1.165) is 0 Å². The summed E-state index contributed by atoms with van der Waals surface area (Å²) in [5.74, 6) is -2.53. The van der Waals surface area contributed by atoms with Gasteiger partial charge in [-0.15, -0.1) is 11.6 Å². The van der Waals surface area contributed by atoms with Gasteiger partial charge >= 0.3 is 0 Å². The first-order valence-electron chi connectivity index (χ1n) is 12.2. The number of fused-ring (bicyclic) bond motifs is 2. The molecule has 0 bridgehead atoms. The molecule has 8 atom stereocenters. The van der Waals surface area contributed by atoms with Gasteiger partial charge < -0.3 is 52.5 Å². The number of hydrogen-bond acceptors (Lipinski definition) is 10. The molecule has 220 valence electrons. The molecule has 1 aliphatic carbocycles. The molecule has 6 rings (SSSR count). The molecule has 4 aliphatic rings. The number of H-pyrrole nitrogens is 2. The molecule has 5 heterocycles. The summed E-state index contributed by atoms with van der Waals surface area (Å²) in [6, 6.07) is 3.28. The Balaban J connectivity index is 1.34. The van der Waals surface area contributed by atoms with Crippen molar-refractivity contribution in [3.63, 3.8) is 0 Å². The van der Waals surface area contributed by atoms with Crippen LogP contribution in [0.15, 0.2) is 40.3 Å². The molecule has 14 nitrogen and oxygen atoms in total. The summed E-state index contributed by atoms with van der Waals surface area (Å²) in [6.45, 7) is 0.152. The molecular formula is C22H23Br4ClN10O4. The maximum atomic E-state index is 13.1. The van der Waals surface area contributed by atoms with Gasteiger partial charge in [-0.25, -0.2) is 9.98 Å². The number of aromatic nitrogens is 2. The Morgan fingerprint density at radius 3 is 1.98 bits per heavy atom. The maximum Gasteiger partial charge on any atom is 0.267 e. The summed E-state index contributed by atoms with van der Waals surface area (Å²) in [4.78, 5) is 40.7. The van der Waals surface area contributed by atoms with Gasteiger partial charge in [0.1, 0.15) is 16.9 Å². The predicted molar refractivity (Wildman–Crippen MR) is 163 cm³/mol. The third kappa shape index (κ3) is 4.60. The summed E-state index contributed by atoms with van der Waals surface area (Å²) < 4.78 is 8.67. The van der Waals surface area contributed by atoms with E-state index < -0.39 is 46.9 Å². The lowest BCUT2D eigenvalue weighted by Gasteiger charge is -2.51. The van der Waals surface area contributed by atoms with Gasteiger partial charge in [0.05, 0.1) is 23.5 Å². The molecule has 0 aromatic carbocycles. The molecule has 2 amide bonds. The molecular weight excluding hydrogens is 823 g/mol. The maximum absolute atomic E-state index is 13.1. The lowest BCUT2D eigenvalue weighted by molar-refractivity contribution is -0.233. The Labute approximate surface area is 271 Å². The number of carbonyl (C=O) groups excluding carboxylic acids is 2. The number of aliphatic imine (C=N–C) groups is 2. The number of nitrogens with one attached hydrogen (secondary N) is 6. The van der Waals surface area contributed by atoms with Crippen LogP contribution < -0.4 is 32.7 Å². The van der Waals surface area contributed by atoms with Crippen molar-refractivity contribution in [3.05, 3.63) is 41.7 Å². The van der Waals surface area contributed by atoms with Crippen LogP contribution in [0.1, 0.15) is 21.0 Å². The highest BCUT2D eigenvalue weighted by Gasteiger charge is 2.76. The fourth-order valence-corrected chi connectivity index (χ4v) is 8.25. The number of hydrogen-bond donors (Lipinski definition) is 9. The number of aliphatic hydroxyl groups is 1. The minimum absolute atomic E-state index is 0.0146. The van der Waals surface area contributed by atoms with Gasteiger partial charge in [-0.2, -0.15) is 0 Å². The van der Waals surface area contributed by atoms with Crippen LogP contribution in [0.5, 0.6) is 0 Å². The van der Waals surface area contributed by atoms with E-state index in [1.165, 1.54) is 0 Å². The summed E-state index contributed by atoms with van der Waals surface area (Å²) >= 11 is 20.6. The molecule has 2 fully saturated rings. The fraction of sp³-hybridized carbons (Fsp3) is 0.455. The van der Waals surface area contributed by atoms with E-state index in [0.29, 0.717) is 29.5 Å². The van der Waals surface area contributed by atoms with E-state index >= 15 is 0 Å². The molecule has 11 N–H and O–H groups in total. The van der Waals surface area contributed by atoms with E-state index in [1.807, 2.05) is 0 Å². The number of halogens is 5. The van der Waals surface area contributed by atoms with Crippen LogP contribution in [0.25, 0.3) is 0 Å². The summed E-state index contributed by atoms with van der Waals surface area (Å²) in [5.41, 5.74) is 9.70. The van der Waals surface area contributed by atoms with Gasteiger partial charge in [0.2, 0.25) is 6.23 Å². The first kappa shape index (κ1) is 29.3. The average Bonchev–Trinajstić information content (AvgIpc) is 3.66. The first-order valence-corrected chi connectivity index (χ1v) is 15.8. The second kappa shape index (κ2) is 10.4. The Kier molecular flexibility index (Phi) is 7.43. The van der Waals surface area contributed by atoms with Gasteiger partial charge in [-0.3, -0.25) is 9.59 Å². The van der Waals surface area contributed by atoms with Gasteiger partial charge in [-0.1, -0.05) is 0 Å². The second-order valence-electron chi connectivity index (χ2n) is 10.2. The van der Waals surface area contributed by atoms with Crippen LogP contribution >= 0.6 is 75.3 Å². The van der Waals surface area contributed by atoms with Crippen molar-refractivity contribution in [1.82, 2.24) is 31.2 Å². The van der Waals surface area contributed by atoms with Gasteiger partial charge in [-0.05, 0) is 81.8 Å². The standard InChI is InChI=1S/C22H23Br4ClN10O4/c23-7-1-9(32-13(7)25)15(38)30-3-5-6(4-31-16(39)10-2-8(24)14(26)33-10)12(27)21-11(5)22(40)18(35-20(29)37-22)41-17(21)34-19(28)36-21/h1-2,5-6,11-12,17-18,32-33,40H,3-4H2,(H,30,38)(H,31,39)(H3,28,34,36)(H3,29,35,37). The number of carbonyl (C=O) groups is 2. The normalized spacial score (nSPS) is 35.0. The quantitative estimate of drug-likeness (QED) is 0.191. The molecule has 3 aliphatic heterocycles. The van der Waals surface area contributed by atoms with Crippen molar-refractivity contribution < 1.29 is 19.4 Å². The van der Waals surface area contributed by atoms with Gasteiger partial charge in [0.15, 0.2) is 23.9 Å². The highest BCUT2D eigenvalue weighted by Crippen LogP contribution is 2.58. The van der Waals surface area contributed by atoms with E-state index in [-0.39, 0.29) is 36.8 Å². The minimum Gasteiger partial charge on any atom is -0.370 e. The van der Waals surface area contributed by atoms with E-state index in [1.54, 1.807) is 12.1 Å². The molecule has 41 heavy (non-hydrogen) atoms. The number of nitrogens with zero attached hydrogens (tertiary/aromatic N) is 2. The second-order valence-corrected chi connectivity index (χ2v) is 14.0. The fourth-order valence-electron chi connectivity index (χ4n) is 6.36. The van der Waals surface area contributed by atoms with Crippen molar-refractivity contribution in [1.29, 1.82) is 0 Å². The van der Waals surface area contributed by atoms with E-state index in [4.69, 9.17) is 27.8 Å². The lowest BCUT2D eigenvalue weighted by atomic mass is 9.71. The lowest BCUT2D eigenvalue weighted by Crippen LogP contribution is -2.75. The molecule has 0 radical (unpaired) electrons. The highest BCUT2D eigenvalue weighted by atomic mass is 79.9. The highest BCUT2D eigenvalue weighted by molar-refractivity contribution is 9.13. The zero-order valence-electron chi connectivity index (χ0n) is 20.6. The average molecular weight is 847 g/mol. The van der Waals surface area contributed by atoms with Crippen LogP contribution in [-0.4, -0.2) is 81.0 Å². The number of aromatic amines is 2. The number of amides is 2. The largest absolute Gasteiger partial charge is 0.370 e. The van der Waals surface area contributed by atoms with Crippen LogP contribution in [0.2, 0.25) is 0 Å². The summed E-state index contributed by atoms with van der Waals surface area (Å²) in [5, 5.41) is 23.2. The molecule has 8 unspecified atom stereocenters. The van der Waals surface area contributed by atoms with Crippen LogP contribution in [0.4, 0.5) is 0 Å². The molecule has 19 heteroatoms. The zero-order valence-corrected chi connectivity index (χ0v) is 27.7. The van der Waals surface area contributed by atoms with Crippen molar-refractivity contribution in [2.24, 2.45) is 39.2 Å². The molecule has 1 spiro atoms. The van der Waals surface area contributed by atoms with Crippen molar-refractivity contribution in [3.8, 4) is 0 Å². The zero-order chi connectivity index (χ0) is 29.4.